The first-order valence-electron chi connectivity index (χ1n) is 12.4. The van der Waals surface area contributed by atoms with Crippen molar-refractivity contribution >= 4 is 17.5 Å². The van der Waals surface area contributed by atoms with Crippen LogP contribution in [0.3, 0.4) is 0 Å². The van der Waals surface area contributed by atoms with E-state index in [4.69, 9.17) is 21.1 Å². The number of ether oxygens (including phenoxy) is 2. The van der Waals surface area contributed by atoms with Gasteiger partial charge < -0.3 is 19.5 Å². The standard InChI is InChI=1S/C27H30ClFN4O4/c1-32-26-20-11-19(28)8-9-23(20)37-16-21(26)25(31-32)27(35)33(13-18-6-2-3-7-22(18)29)14-24(34)30-12-17-5-4-10-36-15-17/h2-3,6-9,11,17,24,30,34H,4-5,10,12-16H2,1H3. The molecule has 3 heterocycles. The number of amides is 1. The minimum atomic E-state index is -1.01. The minimum absolute atomic E-state index is 0.0224. The third-order valence-corrected chi connectivity index (χ3v) is 7.05. The topological polar surface area (TPSA) is 88.9 Å². The molecule has 0 saturated carbocycles. The van der Waals surface area contributed by atoms with E-state index in [-0.39, 0.29) is 25.4 Å². The van der Waals surface area contributed by atoms with Gasteiger partial charge in [0.1, 0.15) is 24.4 Å². The van der Waals surface area contributed by atoms with E-state index in [1.807, 2.05) is 0 Å². The van der Waals surface area contributed by atoms with Gasteiger partial charge in [-0.15, -0.1) is 0 Å². The van der Waals surface area contributed by atoms with Crippen LogP contribution in [-0.4, -0.2) is 58.2 Å². The van der Waals surface area contributed by atoms with E-state index in [9.17, 15) is 14.3 Å². The Balaban J connectivity index is 1.41. The van der Waals surface area contributed by atoms with Gasteiger partial charge in [-0.3, -0.25) is 14.8 Å². The van der Waals surface area contributed by atoms with Gasteiger partial charge in [0.2, 0.25) is 0 Å². The molecule has 0 spiro atoms. The average Bonchev–Trinajstić information content (AvgIpc) is 3.25. The second-order valence-electron chi connectivity index (χ2n) is 9.51. The second kappa shape index (κ2) is 11.2. The summed E-state index contributed by atoms with van der Waals surface area (Å²) in [7, 11) is 1.76. The Labute approximate surface area is 219 Å². The zero-order valence-corrected chi connectivity index (χ0v) is 21.4. The molecule has 8 nitrogen and oxygen atoms in total. The molecular weight excluding hydrogens is 499 g/mol. The summed E-state index contributed by atoms with van der Waals surface area (Å²) in [5.41, 5.74) is 2.67. The van der Waals surface area contributed by atoms with Gasteiger partial charge in [-0.25, -0.2) is 4.39 Å². The molecule has 2 aromatic carbocycles. The maximum atomic E-state index is 14.5. The number of hydrogen-bond donors (Lipinski definition) is 2. The first-order chi connectivity index (χ1) is 17.9. The monoisotopic (exact) mass is 528 g/mol. The van der Waals surface area contributed by atoms with Crippen molar-refractivity contribution in [2.75, 3.05) is 26.3 Å². The Morgan fingerprint density at radius 1 is 1.35 bits per heavy atom. The lowest BCUT2D eigenvalue weighted by molar-refractivity contribution is 0.0339. The summed E-state index contributed by atoms with van der Waals surface area (Å²) in [6.07, 6.45) is 0.998. The Bertz CT molecular complexity index is 1280. The summed E-state index contributed by atoms with van der Waals surface area (Å²) < 4.78 is 27.6. The largest absolute Gasteiger partial charge is 0.488 e. The van der Waals surface area contributed by atoms with Crippen LogP contribution in [0.25, 0.3) is 11.3 Å². The number of aliphatic hydroxyl groups excluding tert-OH is 1. The van der Waals surface area contributed by atoms with Crippen LogP contribution in [-0.2, 0) is 24.9 Å². The van der Waals surface area contributed by atoms with Crippen molar-refractivity contribution in [3.63, 3.8) is 0 Å². The maximum Gasteiger partial charge on any atom is 0.275 e. The maximum absolute atomic E-state index is 14.5. The summed E-state index contributed by atoms with van der Waals surface area (Å²) in [6.45, 7) is 2.06. The number of nitrogens with zero attached hydrogens (tertiary/aromatic N) is 3. The highest BCUT2D eigenvalue weighted by Gasteiger charge is 2.32. The van der Waals surface area contributed by atoms with Gasteiger partial charge in [-0.05, 0) is 43.0 Å². The van der Waals surface area contributed by atoms with Crippen molar-refractivity contribution in [1.82, 2.24) is 20.0 Å². The first-order valence-corrected chi connectivity index (χ1v) is 12.8. The number of nitrogens with one attached hydrogen (secondary N) is 1. The van der Waals surface area contributed by atoms with Crippen LogP contribution in [0.2, 0.25) is 5.02 Å². The summed E-state index contributed by atoms with van der Waals surface area (Å²) in [5, 5.41) is 19.0. The van der Waals surface area contributed by atoms with Crippen LogP contribution in [0.5, 0.6) is 5.75 Å². The van der Waals surface area contributed by atoms with Gasteiger partial charge >= 0.3 is 0 Å². The highest BCUT2D eigenvalue weighted by Crippen LogP contribution is 2.40. The zero-order chi connectivity index (χ0) is 25.9. The lowest BCUT2D eigenvalue weighted by Gasteiger charge is -2.28. The molecule has 2 aliphatic heterocycles. The molecule has 196 valence electrons. The molecule has 1 amide bonds. The third kappa shape index (κ3) is 5.65. The zero-order valence-electron chi connectivity index (χ0n) is 20.6. The van der Waals surface area contributed by atoms with Crippen LogP contribution in [0.1, 0.15) is 34.5 Å². The van der Waals surface area contributed by atoms with Crippen molar-refractivity contribution < 1.29 is 23.8 Å². The number of hydrogen-bond acceptors (Lipinski definition) is 6. The molecular formula is C27H30ClFN4O4. The van der Waals surface area contributed by atoms with Crippen LogP contribution < -0.4 is 10.1 Å². The normalized spacial score (nSPS) is 17.5. The number of aliphatic hydroxyl groups is 1. The molecule has 0 bridgehead atoms. The quantitative estimate of drug-likeness (QED) is 0.433. The van der Waals surface area contributed by atoms with Crippen LogP contribution >= 0.6 is 11.6 Å². The van der Waals surface area contributed by atoms with Crippen molar-refractivity contribution in [2.24, 2.45) is 13.0 Å². The molecule has 2 unspecified atom stereocenters. The molecule has 1 fully saturated rings. The van der Waals surface area contributed by atoms with Gasteiger partial charge in [0.05, 0.1) is 18.8 Å². The lowest BCUT2D eigenvalue weighted by atomic mass is 10.0. The van der Waals surface area contributed by atoms with E-state index < -0.39 is 18.0 Å². The Morgan fingerprint density at radius 2 is 2.19 bits per heavy atom. The number of halogens is 2. The minimum Gasteiger partial charge on any atom is -0.488 e. The molecule has 2 atom stereocenters. The predicted octanol–water partition coefficient (Wildman–Crippen LogP) is 3.75. The number of aromatic nitrogens is 2. The van der Waals surface area contributed by atoms with Gasteiger partial charge in [0, 0.05) is 48.5 Å². The van der Waals surface area contributed by atoms with Crippen LogP contribution in [0.15, 0.2) is 42.5 Å². The first kappa shape index (κ1) is 25.7. The molecule has 3 aromatic rings. The van der Waals surface area contributed by atoms with E-state index in [0.29, 0.717) is 41.0 Å². The number of carbonyl (C=O) groups excluding carboxylic acids is 1. The average molecular weight is 529 g/mol. The lowest BCUT2D eigenvalue weighted by Crippen LogP contribution is -2.45. The van der Waals surface area contributed by atoms with E-state index in [0.717, 1.165) is 30.7 Å². The Morgan fingerprint density at radius 3 is 2.97 bits per heavy atom. The summed E-state index contributed by atoms with van der Waals surface area (Å²) >= 11 is 6.22. The summed E-state index contributed by atoms with van der Waals surface area (Å²) in [5.74, 6) is 0.118. The van der Waals surface area contributed by atoms with E-state index in [1.165, 1.54) is 11.0 Å². The van der Waals surface area contributed by atoms with Crippen LogP contribution in [0, 0.1) is 11.7 Å². The van der Waals surface area contributed by atoms with E-state index in [1.54, 1.807) is 48.1 Å². The fourth-order valence-electron chi connectivity index (χ4n) is 4.92. The smallest absolute Gasteiger partial charge is 0.275 e. The molecule has 5 rings (SSSR count). The molecule has 37 heavy (non-hydrogen) atoms. The number of carbonyl (C=O) groups is 1. The molecule has 2 N–H and O–H groups in total. The van der Waals surface area contributed by atoms with Crippen LogP contribution in [0.4, 0.5) is 4.39 Å². The third-order valence-electron chi connectivity index (χ3n) is 6.81. The van der Waals surface area contributed by atoms with Gasteiger partial charge in [0.15, 0.2) is 5.69 Å². The van der Waals surface area contributed by atoms with Gasteiger partial charge in [-0.1, -0.05) is 29.8 Å². The SMILES string of the molecule is Cn1nc(C(=O)N(Cc2ccccc2F)CC(O)NCC2CCCOC2)c2c1-c1cc(Cl)ccc1OC2. The number of fused-ring (bicyclic) bond motifs is 3. The molecule has 0 aliphatic carbocycles. The van der Waals surface area contributed by atoms with Crippen molar-refractivity contribution in [3.05, 3.63) is 70.1 Å². The van der Waals surface area contributed by atoms with E-state index in [2.05, 4.69) is 10.4 Å². The number of benzene rings is 2. The van der Waals surface area contributed by atoms with Gasteiger partial charge in [0.25, 0.3) is 5.91 Å². The number of aryl methyl sites for hydroxylation is 1. The van der Waals surface area contributed by atoms with E-state index >= 15 is 0 Å². The van der Waals surface area contributed by atoms with Crippen molar-refractivity contribution in [1.29, 1.82) is 0 Å². The number of rotatable bonds is 8. The molecule has 1 saturated heterocycles. The Hall–Kier alpha value is -2.98. The summed E-state index contributed by atoms with van der Waals surface area (Å²) in [4.78, 5) is 15.3. The summed E-state index contributed by atoms with van der Waals surface area (Å²) in [6, 6.07) is 11.6. The highest BCUT2D eigenvalue weighted by molar-refractivity contribution is 6.31. The molecule has 2 aliphatic rings. The van der Waals surface area contributed by atoms with Gasteiger partial charge in [-0.2, -0.15) is 5.10 Å². The molecule has 0 radical (unpaired) electrons. The predicted molar refractivity (Wildman–Crippen MR) is 137 cm³/mol. The Kier molecular flexibility index (Phi) is 7.76. The fourth-order valence-corrected chi connectivity index (χ4v) is 5.09. The second-order valence-corrected chi connectivity index (χ2v) is 9.95. The van der Waals surface area contributed by atoms with Crippen molar-refractivity contribution in [3.8, 4) is 17.0 Å². The molecule has 1 aromatic heterocycles. The molecule has 10 heteroatoms. The highest BCUT2D eigenvalue weighted by atomic mass is 35.5. The van der Waals surface area contributed by atoms with Crippen molar-refractivity contribution in [2.45, 2.75) is 32.2 Å². The fraction of sp³-hybridized carbons (Fsp3) is 0.407.